The normalized spacial score (nSPS) is 14.8. The molecule has 4 rings (SSSR count). The van der Waals surface area contributed by atoms with Gasteiger partial charge in [-0.25, -0.2) is 4.90 Å². The Morgan fingerprint density at radius 3 is 2.58 bits per heavy atom. The first kappa shape index (κ1) is 23.7. The predicted molar refractivity (Wildman–Crippen MR) is 136 cm³/mol. The average molecular weight is 565 g/mol. The van der Waals surface area contributed by atoms with Crippen LogP contribution in [0.3, 0.4) is 0 Å². The van der Waals surface area contributed by atoms with Crippen LogP contribution in [0.5, 0.6) is 11.5 Å². The third-order valence-electron chi connectivity index (χ3n) is 4.71. The van der Waals surface area contributed by atoms with Crippen LogP contribution >= 0.6 is 50.9 Å². The largest absolute Gasteiger partial charge is 0.493 e. The Bertz CT molecular complexity index is 1280. The number of imide groups is 1. The Morgan fingerprint density at radius 2 is 1.85 bits per heavy atom. The van der Waals surface area contributed by atoms with Gasteiger partial charge in [-0.3, -0.25) is 9.59 Å². The molecule has 1 aliphatic heterocycles. The summed E-state index contributed by atoms with van der Waals surface area (Å²) in [7, 11) is 1.53. The van der Waals surface area contributed by atoms with Crippen molar-refractivity contribution >= 4 is 73.8 Å². The van der Waals surface area contributed by atoms with E-state index in [9.17, 15) is 9.59 Å². The highest BCUT2D eigenvalue weighted by atomic mass is 79.9. The molecule has 33 heavy (non-hydrogen) atoms. The lowest BCUT2D eigenvalue weighted by molar-refractivity contribution is -0.113. The molecule has 5 nitrogen and oxygen atoms in total. The minimum Gasteiger partial charge on any atom is -0.493 e. The van der Waals surface area contributed by atoms with Crippen molar-refractivity contribution in [1.29, 1.82) is 0 Å². The molecule has 0 aliphatic carbocycles. The average Bonchev–Trinajstić information content (AvgIpc) is 3.06. The minimum absolute atomic E-state index is 0.279. The molecule has 2 amide bonds. The fraction of sp³-hybridized carbons (Fsp3) is 0.0833. The molecule has 0 N–H and O–H groups in total. The first-order valence-electron chi connectivity index (χ1n) is 9.64. The first-order valence-corrected chi connectivity index (χ1v) is 12.0. The summed E-state index contributed by atoms with van der Waals surface area (Å²) in [6.45, 7) is 0.297. The van der Waals surface area contributed by atoms with E-state index >= 15 is 0 Å². The number of carbonyl (C=O) groups is 2. The Morgan fingerprint density at radius 1 is 1.06 bits per heavy atom. The second-order valence-electron chi connectivity index (χ2n) is 6.92. The van der Waals surface area contributed by atoms with Gasteiger partial charge in [0.1, 0.15) is 6.61 Å². The van der Waals surface area contributed by atoms with Crippen molar-refractivity contribution in [2.75, 3.05) is 12.0 Å². The van der Waals surface area contributed by atoms with Gasteiger partial charge in [0.05, 0.1) is 27.2 Å². The van der Waals surface area contributed by atoms with Crippen molar-refractivity contribution in [1.82, 2.24) is 0 Å². The summed E-state index contributed by atoms with van der Waals surface area (Å²) < 4.78 is 12.1. The minimum atomic E-state index is -0.436. The Hall–Kier alpha value is -2.45. The van der Waals surface area contributed by atoms with Gasteiger partial charge < -0.3 is 9.47 Å². The maximum atomic E-state index is 12.9. The molecule has 3 aromatic rings. The summed E-state index contributed by atoms with van der Waals surface area (Å²) in [6, 6.07) is 17.6. The van der Waals surface area contributed by atoms with Crippen LogP contribution in [0.15, 0.2) is 70.0 Å². The molecular weight excluding hydrogens is 549 g/mol. The van der Waals surface area contributed by atoms with Gasteiger partial charge in [0.25, 0.3) is 11.1 Å². The van der Waals surface area contributed by atoms with E-state index in [0.29, 0.717) is 43.9 Å². The fourth-order valence-corrected chi connectivity index (χ4v) is 5.05. The monoisotopic (exact) mass is 563 g/mol. The number of hydrogen-bond donors (Lipinski definition) is 0. The van der Waals surface area contributed by atoms with Crippen LogP contribution in [0.4, 0.5) is 10.5 Å². The number of para-hydroxylation sites is 1. The van der Waals surface area contributed by atoms with E-state index in [1.807, 2.05) is 18.2 Å². The zero-order chi connectivity index (χ0) is 23.5. The molecule has 9 heteroatoms. The molecule has 1 aliphatic rings. The number of benzene rings is 3. The van der Waals surface area contributed by atoms with Gasteiger partial charge in [0.15, 0.2) is 11.5 Å². The first-order chi connectivity index (χ1) is 15.9. The van der Waals surface area contributed by atoms with E-state index in [4.69, 9.17) is 32.7 Å². The number of anilines is 1. The number of amides is 2. The molecule has 1 saturated heterocycles. The van der Waals surface area contributed by atoms with Crippen LogP contribution in [0, 0.1) is 0 Å². The van der Waals surface area contributed by atoms with E-state index < -0.39 is 11.1 Å². The summed E-state index contributed by atoms with van der Waals surface area (Å²) in [4.78, 5) is 26.8. The number of carbonyl (C=O) groups excluding carboxylic acids is 2. The second-order valence-corrected chi connectivity index (χ2v) is 9.61. The number of rotatable bonds is 6. The molecule has 0 bridgehead atoms. The van der Waals surface area contributed by atoms with Crippen molar-refractivity contribution < 1.29 is 19.1 Å². The Kier molecular flexibility index (Phi) is 7.34. The smallest absolute Gasteiger partial charge is 0.298 e. The van der Waals surface area contributed by atoms with Gasteiger partial charge in [0, 0.05) is 5.02 Å². The van der Waals surface area contributed by atoms with Crippen molar-refractivity contribution in [2.45, 2.75) is 6.61 Å². The van der Waals surface area contributed by atoms with E-state index in [0.717, 1.165) is 22.2 Å². The van der Waals surface area contributed by atoms with Crippen molar-refractivity contribution in [3.8, 4) is 11.5 Å². The molecular formula is C24H16BrCl2NO4S. The van der Waals surface area contributed by atoms with Gasteiger partial charge in [-0.2, -0.15) is 0 Å². The maximum absolute atomic E-state index is 12.9. The zero-order valence-corrected chi connectivity index (χ0v) is 21.1. The number of halogens is 3. The lowest BCUT2D eigenvalue weighted by Crippen LogP contribution is -2.27. The number of hydrogen-bond acceptors (Lipinski definition) is 5. The second kappa shape index (κ2) is 10.2. The highest BCUT2D eigenvalue weighted by Gasteiger charge is 2.37. The van der Waals surface area contributed by atoms with Crippen LogP contribution < -0.4 is 14.4 Å². The fourth-order valence-electron chi connectivity index (χ4n) is 3.21. The van der Waals surface area contributed by atoms with Gasteiger partial charge in [0.2, 0.25) is 0 Å². The van der Waals surface area contributed by atoms with Gasteiger partial charge in [-0.05, 0) is 81.3 Å². The van der Waals surface area contributed by atoms with E-state index in [1.165, 1.54) is 7.11 Å². The maximum Gasteiger partial charge on any atom is 0.298 e. The zero-order valence-electron chi connectivity index (χ0n) is 17.2. The van der Waals surface area contributed by atoms with Crippen LogP contribution in [0.25, 0.3) is 6.08 Å². The molecule has 1 heterocycles. The SMILES string of the molecule is COc1cc(/C=C2\SC(=O)N(c3ccccc3Cl)C2=O)cc(Br)c1OCc1cccc(Cl)c1. The summed E-state index contributed by atoms with van der Waals surface area (Å²) in [5, 5.41) is 0.543. The Balaban J connectivity index is 1.59. The molecule has 0 radical (unpaired) electrons. The van der Waals surface area contributed by atoms with Gasteiger partial charge in [-0.15, -0.1) is 0 Å². The molecule has 3 aromatic carbocycles. The summed E-state index contributed by atoms with van der Waals surface area (Å²) in [6.07, 6.45) is 1.63. The highest BCUT2D eigenvalue weighted by Crippen LogP contribution is 2.41. The molecule has 1 fully saturated rings. The number of ether oxygens (including phenoxy) is 2. The molecule has 0 saturated carbocycles. The lowest BCUT2D eigenvalue weighted by atomic mass is 10.1. The Labute approximate surface area is 213 Å². The lowest BCUT2D eigenvalue weighted by Gasteiger charge is -2.14. The molecule has 0 spiro atoms. The number of methoxy groups -OCH3 is 1. The predicted octanol–water partition coefficient (Wildman–Crippen LogP) is 7.58. The molecule has 0 aromatic heterocycles. The van der Waals surface area contributed by atoms with Crippen LogP contribution in [-0.2, 0) is 11.4 Å². The van der Waals surface area contributed by atoms with Crippen LogP contribution in [-0.4, -0.2) is 18.3 Å². The van der Waals surface area contributed by atoms with Crippen LogP contribution in [0.2, 0.25) is 10.0 Å². The van der Waals surface area contributed by atoms with Gasteiger partial charge >= 0.3 is 0 Å². The number of nitrogens with zero attached hydrogens (tertiary/aromatic N) is 1. The van der Waals surface area contributed by atoms with E-state index in [1.54, 1.807) is 48.5 Å². The van der Waals surface area contributed by atoms with Crippen molar-refractivity contribution in [3.05, 3.63) is 91.2 Å². The summed E-state index contributed by atoms with van der Waals surface area (Å²) in [5.74, 6) is 0.552. The standard InChI is InChI=1S/C24H16BrCl2NO4S/c1-31-20-11-15(10-17(25)22(20)32-13-14-5-4-6-16(26)9-14)12-21-23(29)28(24(30)33-21)19-8-3-2-7-18(19)27/h2-12H,13H2,1H3/b21-12-. The summed E-state index contributed by atoms with van der Waals surface area (Å²) >= 11 is 16.6. The summed E-state index contributed by atoms with van der Waals surface area (Å²) in [5.41, 5.74) is 1.93. The number of thioether (sulfide) groups is 1. The van der Waals surface area contributed by atoms with Crippen molar-refractivity contribution in [2.24, 2.45) is 0 Å². The third-order valence-corrected chi connectivity index (χ3v) is 6.72. The topological polar surface area (TPSA) is 55.8 Å². The highest BCUT2D eigenvalue weighted by molar-refractivity contribution is 9.10. The van der Waals surface area contributed by atoms with E-state index in [2.05, 4.69) is 15.9 Å². The van der Waals surface area contributed by atoms with E-state index in [-0.39, 0.29) is 4.91 Å². The van der Waals surface area contributed by atoms with Gasteiger partial charge in [-0.1, -0.05) is 47.5 Å². The molecule has 168 valence electrons. The van der Waals surface area contributed by atoms with Crippen LogP contribution in [0.1, 0.15) is 11.1 Å². The molecule has 0 unspecified atom stereocenters. The quantitative estimate of drug-likeness (QED) is 0.289. The molecule has 0 atom stereocenters. The van der Waals surface area contributed by atoms with Crippen molar-refractivity contribution in [3.63, 3.8) is 0 Å². The third kappa shape index (κ3) is 5.22.